The minimum atomic E-state index is -3.54. The van der Waals surface area contributed by atoms with Crippen molar-refractivity contribution in [2.45, 2.75) is 29.5 Å². The molecule has 0 radical (unpaired) electrons. The van der Waals surface area contributed by atoms with Gasteiger partial charge in [0.2, 0.25) is 10.0 Å². The van der Waals surface area contributed by atoms with E-state index in [1.165, 1.54) is 16.8 Å². The van der Waals surface area contributed by atoms with Gasteiger partial charge in [-0.3, -0.25) is 4.90 Å². The predicted molar refractivity (Wildman–Crippen MR) is 111 cm³/mol. The van der Waals surface area contributed by atoms with E-state index >= 15 is 0 Å². The number of nitrogens with zero attached hydrogens (tertiary/aromatic N) is 2. The zero-order chi connectivity index (χ0) is 19.0. The van der Waals surface area contributed by atoms with E-state index in [0.717, 1.165) is 50.2 Å². The van der Waals surface area contributed by atoms with Crippen LogP contribution in [0.1, 0.15) is 30.0 Å². The molecule has 4 rings (SSSR count). The summed E-state index contributed by atoms with van der Waals surface area (Å²) in [7, 11) is -1.43. The minimum Gasteiger partial charge on any atom is -0.374 e. The van der Waals surface area contributed by atoms with Gasteiger partial charge in [-0.2, -0.15) is 0 Å². The molecule has 1 atom stereocenters. The summed E-state index contributed by atoms with van der Waals surface area (Å²) in [5.41, 5.74) is 3.83. The molecule has 3 heterocycles. The van der Waals surface area contributed by atoms with E-state index in [0.29, 0.717) is 10.9 Å². The summed E-state index contributed by atoms with van der Waals surface area (Å²) in [6, 6.07) is 9.82. The molecule has 0 unspecified atom stereocenters. The summed E-state index contributed by atoms with van der Waals surface area (Å²) in [6.45, 7) is 3.42. The fourth-order valence-corrected chi connectivity index (χ4v) is 6.57. The Labute approximate surface area is 170 Å². The quantitative estimate of drug-likeness (QED) is 0.769. The zero-order valence-electron chi connectivity index (χ0n) is 15.3. The molecule has 1 N–H and O–H groups in total. The van der Waals surface area contributed by atoms with Gasteiger partial charge in [0.15, 0.2) is 0 Å². The Morgan fingerprint density at radius 2 is 1.96 bits per heavy atom. The summed E-state index contributed by atoms with van der Waals surface area (Å²) < 4.78 is 28.8. The van der Waals surface area contributed by atoms with Crippen molar-refractivity contribution in [2.24, 2.45) is 0 Å². The van der Waals surface area contributed by atoms with Crippen molar-refractivity contribution in [3.8, 4) is 0 Å². The van der Waals surface area contributed by atoms with Crippen LogP contribution in [0.4, 0.5) is 5.69 Å². The first kappa shape index (κ1) is 19.2. The first-order chi connectivity index (χ1) is 12.9. The van der Waals surface area contributed by atoms with Crippen LogP contribution >= 0.6 is 22.9 Å². The molecule has 1 aromatic carbocycles. The third-order valence-electron chi connectivity index (χ3n) is 5.48. The molecule has 0 aliphatic carbocycles. The molecule has 1 aromatic heterocycles. The summed E-state index contributed by atoms with van der Waals surface area (Å²) in [6.07, 6.45) is 3.38. The number of likely N-dealkylation sites (tertiary alicyclic amines) is 1. The lowest BCUT2D eigenvalue weighted by Crippen LogP contribution is -2.36. The van der Waals surface area contributed by atoms with Crippen molar-refractivity contribution in [2.75, 3.05) is 38.1 Å². The Morgan fingerprint density at radius 1 is 1.19 bits per heavy atom. The van der Waals surface area contributed by atoms with Gasteiger partial charge < -0.3 is 4.90 Å². The highest BCUT2D eigenvalue weighted by Crippen LogP contribution is 2.33. The minimum absolute atomic E-state index is 0.0499. The van der Waals surface area contributed by atoms with Gasteiger partial charge in [0.1, 0.15) is 4.21 Å². The number of sulfonamides is 1. The largest absolute Gasteiger partial charge is 0.374 e. The number of anilines is 1. The van der Waals surface area contributed by atoms with Crippen LogP contribution in [0.2, 0.25) is 4.34 Å². The molecule has 1 fully saturated rings. The fraction of sp³-hybridized carbons (Fsp3) is 0.474. The van der Waals surface area contributed by atoms with E-state index in [9.17, 15) is 8.42 Å². The molecule has 146 valence electrons. The smallest absolute Gasteiger partial charge is 0.250 e. The van der Waals surface area contributed by atoms with Crippen molar-refractivity contribution < 1.29 is 8.42 Å². The van der Waals surface area contributed by atoms with Crippen molar-refractivity contribution >= 4 is 38.6 Å². The lowest BCUT2D eigenvalue weighted by molar-refractivity contribution is 0.246. The molecular formula is C19H24ClN3O2S2. The number of hydrogen-bond acceptors (Lipinski definition) is 5. The molecule has 5 nitrogen and oxygen atoms in total. The van der Waals surface area contributed by atoms with Crippen LogP contribution in [0.3, 0.4) is 0 Å². The van der Waals surface area contributed by atoms with Crippen LogP contribution in [0.15, 0.2) is 34.5 Å². The van der Waals surface area contributed by atoms with E-state index in [1.807, 2.05) is 0 Å². The first-order valence-electron chi connectivity index (χ1n) is 9.27. The second-order valence-corrected chi connectivity index (χ2v) is 10.9. The summed E-state index contributed by atoms with van der Waals surface area (Å²) >= 11 is 7.00. The van der Waals surface area contributed by atoms with Gasteiger partial charge in [-0.1, -0.05) is 23.7 Å². The van der Waals surface area contributed by atoms with Gasteiger partial charge in [0.25, 0.3) is 0 Å². The molecule has 2 aromatic rings. The van der Waals surface area contributed by atoms with Crippen molar-refractivity contribution in [3.63, 3.8) is 0 Å². The average Bonchev–Trinajstić information content (AvgIpc) is 3.38. The standard InChI is InChI=1S/C19H24ClN3O2S2/c1-22-11-8-15-12-14(4-5-16(15)22)17(23-9-2-3-10-23)13-21-27(24,25)19-7-6-18(20)26-19/h4-7,12,17,21H,2-3,8-11,13H2,1H3/t17-/m1/s1. The maximum atomic E-state index is 12.6. The average molecular weight is 426 g/mol. The van der Waals surface area contributed by atoms with Crippen LogP contribution < -0.4 is 9.62 Å². The molecule has 1 saturated heterocycles. The number of likely N-dealkylation sites (N-methyl/N-ethyl adjacent to an activating group) is 1. The second-order valence-electron chi connectivity index (χ2n) is 7.23. The lowest BCUT2D eigenvalue weighted by atomic mass is 10.0. The van der Waals surface area contributed by atoms with Crippen LogP contribution in [0.25, 0.3) is 0 Å². The van der Waals surface area contributed by atoms with Crippen molar-refractivity contribution in [1.29, 1.82) is 0 Å². The van der Waals surface area contributed by atoms with E-state index in [4.69, 9.17) is 11.6 Å². The number of halogens is 1. The highest BCUT2D eigenvalue weighted by Gasteiger charge is 2.27. The molecule has 2 aliphatic heterocycles. The summed E-state index contributed by atoms with van der Waals surface area (Å²) in [5.74, 6) is 0. The number of nitrogens with one attached hydrogen (secondary N) is 1. The molecule has 2 aliphatic rings. The van der Waals surface area contributed by atoms with Gasteiger partial charge in [-0.25, -0.2) is 13.1 Å². The zero-order valence-corrected chi connectivity index (χ0v) is 17.7. The normalized spacial score (nSPS) is 18.8. The Balaban J connectivity index is 1.57. The summed E-state index contributed by atoms with van der Waals surface area (Å²) in [5, 5.41) is 0. The number of fused-ring (bicyclic) bond motifs is 1. The molecule has 0 spiro atoms. The monoisotopic (exact) mass is 425 g/mol. The third kappa shape index (κ3) is 4.03. The molecule has 0 saturated carbocycles. The van der Waals surface area contributed by atoms with Gasteiger partial charge in [-0.15, -0.1) is 11.3 Å². The first-order valence-corrected chi connectivity index (χ1v) is 11.9. The van der Waals surface area contributed by atoms with Crippen molar-refractivity contribution in [3.05, 3.63) is 45.8 Å². The van der Waals surface area contributed by atoms with Crippen LogP contribution in [-0.2, 0) is 16.4 Å². The summed E-state index contributed by atoms with van der Waals surface area (Å²) in [4.78, 5) is 4.66. The number of benzene rings is 1. The predicted octanol–water partition coefficient (Wildman–Crippen LogP) is 3.51. The molecule has 0 bridgehead atoms. The van der Waals surface area contributed by atoms with Crippen LogP contribution in [-0.4, -0.2) is 46.5 Å². The van der Waals surface area contributed by atoms with E-state index in [-0.39, 0.29) is 10.3 Å². The van der Waals surface area contributed by atoms with Crippen LogP contribution in [0.5, 0.6) is 0 Å². The number of rotatable bonds is 6. The second kappa shape index (κ2) is 7.72. The molecule has 0 amide bonds. The molecule has 27 heavy (non-hydrogen) atoms. The van der Waals surface area contributed by atoms with Gasteiger partial charge in [0.05, 0.1) is 4.34 Å². The highest BCUT2D eigenvalue weighted by atomic mass is 35.5. The van der Waals surface area contributed by atoms with Gasteiger partial charge in [-0.05, 0) is 61.7 Å². The Kier molecular flexibility index (Phi) is 5.49. The molecule has 8 heteroatoms. The van der Waals surface area contributed by atoms with Crippen LogP contribution in [0, 0.1) is 0 Å². The number of thiophene rings is 1. The maximum Gasteiger partial charge on any atom is 0.250 e. The van der Waals surface area contributed by atoms with Gasteiger partial charge in [0, 0.05) is 31.9 Å². The molecular weight excluding hydrogens is 402 g/mol. The highest BCUT2D eigenvalue weighted by molar-refractivity contribution is 7.91. The van der Waals surface area contributed by atoms with Gasteiger partial charge >= 0.3 is 0 Å². The Bertz CT molecular complexity index is 923. The van der Waals surface area contributed by atoms with E-state index < -0.39 is 10.0 Å². The van der Waals surface area contributed by atoms with Crippen molar-refractivity contribution in [1.82, 2.24) is 9.62 Å². The Hall–Kier alpha value is -1.12. The Morgan fingerprint density at radius 3 is 2.67 bits per heavy atom. The van der Waals surface area contributed by atoms with E-state index in [2.05, 4.69) is 39.8 Å². The van der Waals surface area contributed by atoms with E-state index in [1.54, 1.807) is 12.1 Å². The SMILES string of the molecule is CN1CCc2cc([C@@H](CNS(=O)(=O)c3ccc(Cl)s3)N3CCCC3)ccc21. The topological polar surface area (TPSA) is 52.7 Å². The number of hydrogen-bond donors (Lipinski definition) is 1. The third-order valence-corrected chi connectivity index (χ3v) is 8.62. The maximum absolute atomic E-state index is 12.6. The fourth-order valence-electron chi connectivity index (χ4n) is 4.01. The lowest BCUT2D eigenvalue weighted by Gasteiger charge is -2.28.